The largest absolute Gasteiger partial charge is 0.349 e. The smallest absolute Gasteiger partial charge is 0.254 e. The van der Waals surface area contributed by atoms with E-state index in [0.717, 1.165) is 31.5 Å². The van der Waals surface area contributed by atoms with Crippen molar-refractivity contribution in [1.82, 2.24) is 15.1 Å². The topological polar surface area (TPSA) is 72.9 Å². The van der Waals surface area contributed by atoms with Crippen LogP contribution in [0.4, 0.5) is 0 Å². The second-order valence-electron chi connectivity index (χ2n) is 4.99. The summed E-state index contributed by atoms with van der Waals surface area (Å²) in [5.41, 5.74) is 7.09. The maximum atomic E-state index is 12.1. The Kier molecular flexibility index (Phi) is 4.01. The van der Waals surface area contributed by atoms with Crippen LogP contribution in [-0.4, -0.2) is 28.3 Å². The molecule has 2 rings (SSSR count). The summed E-state index contributed by atoms with van der Waals surface area (Å²) in [6.45, 7) is 5.51. The summed E-state index contributed by atoms with van der Waals surface area (Å²) < 4.78 is 1.85. The minimum Gasteiger partial charge on any atom is -0.349 e. The first-order chi connectivity index (χ1) is 8.67. The normalized spacial score (nSPS) is 21.9. The first kappa shape index (κ1) is 13.1. The van der Waals surface area contributed by atoms with Gasteiger partial charge in [-0.2, -0.15) is 5.10 Å². The van der Waals surface area contributed by atoms with E-state index in [1.165, 1.54) is 0 Å². The monoisotopic (exact) mass is 250 g/mol. The van der Waals surface area contributed by atoms with Gasteiger partial charge in [0.15, 0.2) is 0 Å². The van der Waals surface area contributed by atoms with Crippen molar-refractivity contribution in [2.24, 2.45) is 11.7 Å². The molecule has 5 heteroatoms. The third kappa shape index (κ3) is 2.72. The van der Waals surface area contributed by atoms with Gasteiger partial charge in [-0.3, -0.25) is 9.48 Å². The molecule has 5 nitrogen and oxygen atoms in total. The summed E-state index contributed by atoms with van der Waals surface area (Å²) in [7, 11) is 0. The van der Waals surface area contributed by atoms with Crippen molar-refractivity contribution in [3.05, 3.63) is 17.5 Å². The van der Waals surface area contributed by atoms with Crippen LogP contribution in [0.3, 0.4) is 0 Å². The van der Waals surface area contributed by atoms with Crippen LogP contribution in [0.5, 0.6) is 0 Å². The molecule has 1 heterocycles. The van der Waals surface area contributed by atoms with Gasteiger partial charge >= 0.3 is 0 Å². The number of aryl methyl sites for hydroxylation is 1. The van der Waals surface area contributed by atoms with E-state index >= 15 is 0 Å². The molecule has 3 N–H and O–H groups in total. The first-order valence-corrected chi connectivity index (χ1v) is 6.70. The van der Waals surface area contributed by atoms with E-state index in [0.29, 0.717) is 24.1 Å². The summed E-state index contributed by atoms with van der Waals surface area (Å²) in [5.74, 6) is 0.675. The average Bonchev–Trinajstić information content (AvgIpc) is 3.01. The van der Waals surface area contributed by atoms with Gasteiger partial charge < -0.3 is 11.1 Å². The Morgan fingerprint density at radius 3 is 3.06 bits per heavy atom. The van der Waals surface area contributed by atoms with Crippen molar-refractivity contribution < 1.29 is 4.79 Å². The molecule has 0 spiro atoms. The molecule has 1 amide bonds. The molecule has 0 aliphatic heterocycles. The number of nitrogens with one attached hydrogen (secondary N) is 1. The third-order valence-electron chi connectivity index (χ3n) is 3.69. The second kappa shape index (κ2) is 5.52. The Bertz CT molecular complexity index is 427. The number of nitrogens with two attached hydrogens (primary N) is 1. The third-order valence-corrected chi connectivity index (χ3v) is 3.69. The van der Waals surface area contributed by atoms with Crippen molar-refractivity contribution in [2.75, 3.05) is 6.54 Å². The minimum atomic E-state index is 0.00690. The SMILES string of the molecule is CCC1CC1NC(=O)c1cnn(CCCN)c1C. The molecule has 18 heavy (non-hydrogen) atoms. The zero-order valence-corrected chi connectivity index (χ0v) is 11.1. The molecule has 1 saturated carbocycles. The number of carbonyl (C=O) groups excluding carboxylic acids is 1. The van der Waals surface area contributed by atoms with E-state index in [-0.39, 0.29) is 5.91 Å². The van der Waals surface area contributed by atoms with E-state index in [2.05, 4.69) is 17.3 Å². The lowest BCUT2D eigenvalue weighted by Gasteiger charge is -2.05. The molecule has 2 atom stereocenters. The van der Waals surface area contributed by atoms with Crippen molar-refractivity contribution in [1.29, 1.82) is 0 Å². The number of carbonyl (C=O) groups is 1. The van der Waals surface area contributed by atoms with Crippen molar-refractivity contribution >= 4 is 5.91 Å². The van der Waals surface area contributed by atoms with Crippen LogP contribution in [-0.2, 0) is 6.54 Å². The number of aromatic nitrogens is 2. The number of amides is 1. The first-order valence-electron chi connectivity index (χ1n) is 6.70. The summed E-state index contributed by atoms with van der Waals surface area (Å²) in [6.07, 6.45) is 4.79. The summed E-state index contributed by atoms with van der Waals surface area (Å²) >= 11 is 0. The van der Waals surface area contributed by atoms with E-state index in [9.17, 15) is 4.79 Å². The molecule has 0 saturated heterocycles. The van der Waals surface area contributed by atoms with Crippen LogP contribution >= 0.6 is 0 Å². The highest BCUT2D eigenvalue weighted by Crippen LogP contribution is 2.33. The lowest BCUT2D eigenvalue weighted by molar-refractivity contribution is 0.0948. The van der Waals surface area contributed by atoms with E-state index in [4.69, 9.17) is 5.73 Å². The maximum Gasteiger partial charge on any atom is 0.254 e. The Morgan fingerprint density at radius 2 is 2.44 bits per heavy atom. The molecule has 0 radical (unpaired) electrons. The van der Waals surface area contributed by atoms with Crippen LogP contribution < -0.4 is 11.1 Å². The zero-order valence-electron chi connectivity index (χ0n) is 11.1. The van der Waals surface area contributed by atoms with Gasteiger partial charge in [-0.15, -0.1) is 0 Å². The average molecular weight is 250 g/mol. The molecule has 1 aromatic heterocycles. The molecule has 1 aromatic rings. The lowest BCUT2D eigenvalue weighted by atomic mass is 10.2. The summed E-state index contributed by atoms with van der Waals surface area (Å²) in [4.78, 5) is 12.1. The predicted octanol–water partition coefficient (Wildman–Crippen LogP) is 1.07. The molecule has 1 fully saturated rings. The lowest BCUT2D eigenvalue weighted by Crippen LogP contribution is -2.27. The summed E-state index contributed by atoms with van der Waals surface area (Å²) in [6, 6.07) is 0.370. The molecule has 1 aliphatic carbocycles. The van der Waals surface area contributed by atoms with Gasteiger partial charge in [-0.25, -0.2) is 0 Å². The van der Waals surface area contributed by atoms with Gasteiger partial charge in [-0.1, -0.05) is 13.3 Å². The van der Waals surface area contributed by atoms with Gasteiger partial charge in [0.05, 0.1) is 11.8 Å². The highest BCUT2D eigenvalue weighted by molar-refractivity contribution is 5.95. The second-order valence-corrected chi connectivity index (χ2v) is 4.99. The Balaban J connectivity index is 1.96. The molecule has 0 bridgehead atoms. The number of nitrogens with zero attached hydrogens (tertiary/aromatic N) is 2. The van der Waals surface area contributed by atoms with Crippen molar-refractivity contribution in [3.8, 4) is 0 Å². The number of hydrogen-bond donors (Lipinski definition) is 2. The molecule has 100 valence electrons. The number of rotatable bonds is 6. The van der Waals surface area contributed by atoms with Crippen LogP contribution in [0, 0.1) is 12.8 Å². The Hall–Kier alpha value is -1.36. The Morgan fingerprint density at radius 1 is 1.67 bits per heavy atom. The van der Waals surface area contributed by atoms with Crippen molar-refractivity contribution in [2.45, 2.75) is 45.7 Å². The standard InChI is InChI=1S/C13H22N4O/c1-3-10-7-12(10)16-13(18)11-8-15-17(9(11)2)6-4-5-14/h8,10,12H,3-7,14H2,1-2H3,(H,16,18). The highest BCUT2D eigenvalue weighted by atomic mass is 16.1. The zero-order chi connectivity index (χ0) is 13.1. The Labute approximate surface area is 108 Å². The maximum absolute atomic E-state index is 12.1. The molecule has 1 aliphatic rings. The molecular formula is C13H22N4O. The molecule has 2 unspecified atom stereocenters. The fourth-order valence-electron chi connectivity index (χ4n) is 2.26. The van der Waals surface area contributed by atoms with E-state index < -0.39 is 0 Å². The van der Waals surface area contributed by atoms with Crippen LogP contribution in [0.15, 0.2) is 6.20 Å². The van der Waals surface area contributed by atoms with E-state index in [1.54, 1.807) is 6.20 Å². The molecular weight excluding hydrogens is 228 g/mol. The van der Waals surface area contributed by atoms with Gasteiger partial charge in [0.25, 0.3) is 5.91 Å². The van der Waals surface area contributed by atoms with E-state index in [1.807, 2.05) is 11.6 Å². The van der Waals surface area contributed by atoms with Gasteiger partial charge in [0, 0.05) is 18.3 Å². The fraction of sp³-hybridized carbons (Fsp3) is 0.692. The van der Waals surface area contributed by atoms with Crippen LogP contribution in [0.25, 0.3) is 0 Å². The number of hydrogen-bond acceptors (Lipinski definition) is 3. The van der Waals surface area contributed by atoms with Gasteiger partial charge in [-0.05, 0) is 32.2 Å². The minimum absolute atomic E-state index is 0.00690. The van der Waals surface area contributed by atoms with Crippen LogP contribution in [0.2, 0.25) is 0 Å². The summed E-state index contributed by atoms with van der Waals surface area (Å²) in [5, 5.41) is 7.31. The quantitative estimate of drug-likeness (QED) is 0.793. The van der Waals surface area contributed by atoms with Gasteiger partial charge in [0.2, 0.25) is 0 Å². The molecule has 0 aromatic carbocycles. The van der Waals surface area contributed by atoms with Crippen LogP contribution in [0.1, 0.15) is 42.2 Å². The fourth-order valence-corrected chi connectivity index (χ4v) is 2.26. The predicted molar refractivity (Wildman–Crippen MR) is 70.3 cm³/mol. The van der Waals surface area contributed by atoms with Crippen molar-refractivity contribution in [3.63, 3.8) is 0 Å². The highest BCUT2D eigenvalue weighted by Gasteiger charge is 2.36. The van der Waals surface area contributed by atoms with Gasteiger partial charge in [0.1, 0.15) is 0 Å².